The summed E-state index contributed by atoms with van der Waals surface area (Å²) in [5.41, 5.74) is 3.04. The minimum Gasteiger partial charge on any atom is -0.493 e. The fourth-order valence-electron chi connectivity index (χ4n) is 16.3. The molecule has 5 nitrogen and oxygen atoms in total. The van der Waals surface area contributed by atoms with Gasteiger partial charge >= 0.3 is 0 Å². The van der Waals surface area contributed by atoms with Gasteiger partial charge < -0.3 is 41.2 Å². The summed E-state index contributed by atoms with van der Waals surface area (Å²) in [6.45, 7) is 24.1. The molecular formula is C85H124O5S3. The van der Waals surface area contributed by atoms with E-state index in [1.165, 1.54) is 223 Å². The van der Waals surface area contributed by atoms with E-state index in [9.17, 15) is 4.79 Å². The zero-order valence-electron chi connectivity index (χ0n) is 60.5. The predicted molar refractivity (Wildman–Crippen MR) is 409 cm³/mol. The molecule has 4 saturated carbocycles. The van der Waals surface area contributed by atoms with E-state index in [-0.39, 0.29) is 49.9 Å². The van der Waals surface area contributed by atoms with Gasteiger partial charge in [-0.3, -0.25) is 4.79 Å². The number of aryl methyl sites for hydroxylation is 1. The molecule has 6 aromatic carbocycles. The van der Waals surface area contributed by atoms with E-state index in [1.54, 1.807) is 11.8 Å². The third kappa shape index (κ3) is 19.0. The highest BCUT2D eigenvalue weighted by Crippen LogP contribution is 2.48. The fraction of sp³-hybridized carbons (Fsp3) is 0.600. The Balaban J connectivity index is 0.000000180. The predicted octanol–water partition coefficient (Wildman–Crippen LogP) is 23.6. The van der Waals surface area contributed by atoms with Crippen LogP contribution in [-0.2, 0) is 32.7 Å². The number of hydrogen-bond acceptors (Lipinski definition) is 5. The first kappa shape index (κ1) is 74.8. The van der Waals surface area contributed by atoms with Gasteiger partial charge in [0.2, 0.25) is 9.79 Å². The minimum absolute atomic E-state index is 0. The Labute approximate surface area is 576 Å². The van der Waals surface area contributed by atoms with Crippen molar-refractivity contribution in [1.29, 1.82) is 0 Å². The van der Waals surface area contributed by atoms with Gasteiger partial charge in [-0.2, -0.15) is 0 Å². The molecule has 2 unspecified atom stereocenters. The van der Waals surface area contributed by atoms with Gasteiger partial charge in [0.1, 0.15) is 46.0 Å². The summed E-state index contributed by atoms with van der Waals surface area (Å²) in [4.78, 5) is 16.3. The molecule has 0 N–H and O–H groups in total. The van der Waals surface area contributed by atoms with Crippen molar-refractivity contribution in [3.63, 3.8) is 0 Å². The van der Waals surface area contributed by atoms with Gasteiger partial charge in [0.15, 0.2) is 22.2 Å². The van der Waals surface area contributed by atoms with Crippen LogP contribution < -0.4 is 18.9 Å². The van der Waals surface area contributed by atoms with E-state index in [2.05, 4.69) is 147 Å². The van der Waals surface area contributed by atoms with Crippen LogP contribution >= 0.6 is 0 Å². The second-order valence-electron chi connectivity index (χ2n) is 31.0. The Bertz CT molecular complexity index is 3280. The number of ketones is 1. The summed E-state index contributed by atoms with van der Waals surface area (Å²) in [7, 11) is 0.964. The number of Topliss-reactive ketones (excluding diaryl/α,β-unsaturated/α-hetero) is 1. The SMILES string of the molecule is CC(=O)c1ccc2c([S+]3CCCC3)c(OC3CCCCCC3)ccc2c1.CC(C)(C)C1CCC(Oc2cc(OC3CCC(C(C)(C)C)CC3)c3ccccc3c2[S+]2CCCC2)CC1.Cc1cc(OCCC2CCCCC2)c2ccccc2c1[S+]1CC(C)C(C)C1.[CH3-].[CH3-].[CH3-]. The summed E-state index contributed by atoms with van der Waals surface area (Å²) >= 11 is 0. The maximum atomic E-state index is 11.8. The van der Waals surface area contributed by atoms with Crippen LogP contribution in [0.1, 0.15) is 232 Å². The first-order valence-corrected chi connectivity index (χ1v) is 40.9. The van der Waals surface area contributed by atoms with Crippen molar-refractivity contribution in [3.8, 4) is 23.0 Å². The molecule has 93 heavy (non-hydrogen) atoms. The molecule has 13 rings (SSSR count). The number of fused-ring (bicyclic) bond motifs is 3. The van der Waals surface area contributed by atoms with Gasteiger partial charge in [0.25, 0.3) is 0 Å². The quantitative estimate of drug-likeness (QED) is 0.0471. The molecule has 0 aromatic heterocycles. The molecule has 4 aliphatic carbocycles. The lowest BCUT2D eigenvalue weighted by atomic mass is 9.72. The second-order valence-corrected chi connectivity index (χ2v) is 37.5. The van der Waals surface area contributed by atoms with Crippen molar-refractivity contribution in [3.05, 3.63) is 124 Å². The van der Waals surface area contributed by atoms with E-state index in [0.29, 0.717) is 40.0 Å². The van der Waals surface area contributed by atoms with Crippen LogP contribution in [-0.4, -0.2) is 65.2 Å². The Morgan fingerprint density at radius 2 is 0.892 bits per heavy atom. The Morgan fingerprint density at radius 3 is 1.42 bits per heavy atom. The van der Waals surface area contributed by atoms with Gasteiger partial charge in [0, 0.05) is 88.6 Å². The summed E-state index contributed by atoms with van der Waals surface area (Å²) in [6.07, 6.45) is 32.1. The zero-order chi connectivity index (χ0) is 62.9. The van der Waals surface area contributed by atoms with E-state index in [0.717, 1.165) is 77.6 Å². The highest BCUT2D eigenvalue weighted by Gasteiger charge is 2.41. The molecule has 8 heteroatoms. The molecule has 6 aromatic rings. The summed E-state index contributed by atoms with van der Waals surface area (Å²) in [6, 6.07) is 33.1. The maximum absolute atomic E-state index is 11.8. The highest BCUT2D eigenvalue weighted by atomic mass is 32.2. The lowest BCUT2D eigenvalue weighted by Gasteiger charge is -2.37. The Kier molecular flexibility index (Phi) is 27.7. The topological polar surface area (TPSA) is 54.0 Å². The van der Waals surface area contributed by atoms with Crippen LogP contribution in [0, 0.1) is 69.6 Å². The largest absolute Gasteiger partial charge is 0.493 e. The van der Waals surface area contributed by atoms with Gasteiger partial charge in [-0.05, 0) is 193 Å². The third-order valence-corrected chi connectivity index (χ3v) is 30.3. The molecule has 7 aliphatic rings. The summed E-state index contributed by atoms with van der Waals surface area (Å²) in [5, 5.41) is 7.91. The van der Waals surface area contributed by atoms with Gasteiger partial charge in [0.05, 0.1) is 24.9 Å². The van der Waals surface area contributed by atoms with E-state index in [1.807, 2.05) is 6.07 Å². The molecule has 512 valence electrons. The van der Waals surface area contributed by atoms with Gasteiger partial charge in [-0.15, -0.1) is 0 Å². The van der Waals surface area contributed by atoms with Crippen molar-refractivity contribution >= 4 is 70.8 Å². The van der Waals surface area contributed by atoms with Crippen LogP contribution in [0.2, 0.25) is 0 Å². The first-order valence-electron chi connectivity index (χ1n) is 36.3. The molecule has 7 fully saturated rings. The molecule has 0 bridgehead atoms. The average molecular weight is 1320 g/mol. The van der Waals surface area contributed by atoms with Crippen LogP contribution in [0.5, 0.6) is 23.0 Å². The van der Waals surface area contributed by atoms with Crippen molar-refractivity contribution in [2.24, 2.45) is 40.4 Å². The molecule has 2 atom stereocenters. The Morgan fingerprint density at radius 1 is 0.441 bits per heavy atom. The number of ether oxygens (including phenoxy) is 4. The number of benzene rings is 6. The van der Waals surface area contributed by atoms with Crippen LogP contribution in [0.4, 0.5) is 0 Å². The molecule has 3 saturated heterocycles. The van der Waals surface area contributed by atoms with Crippen LogP contribution in [0.15, 0.2) is 106 Å². The van der Waals surface area contributed by atoms with E-state index >= 15 is 0 Å². The molecule has 3 aliphatic heterocycles. The minimum atomic E-state index is 0. The van der Waals surface area contributed by atoms with Crippen molar-refractivity contribution in [1.82, 2.24) is 0 Å². The smallest absolute Gasteiger partial charge is 0.204 e. The molecular weight excluding hydrogens is 1200 g/mol. The van der Waals surface area contributed by atoms with E-state index in [4.69, 9.17) is 18.9 Å². The number of carbonyl (C=O) groups is 1. The third-order valence-electron chi connectivity index (χ3n) is 22.2. The van der Waals surface area contributed by atoms with Crippen LogP contribution in [0.3, 0.4) is 0 Å². The molecule has 0 amide bonds. The molecule has 0 spiro atoms. The van der Waals surface area contributed by atoms with Crippen molar-refractivity contribution in [2.45, 2.75) is 256 Å². The monoisotopic (exact) mass is 1320 g/mol. The second kappa shape index (κ2) is 34.5. The Hall–Kier alpha value is -3.98. The van der Waals surface area contributed by atoms with Crippen molar-refractivity contribution < 1.29 is 23.7 Å². The van der Waals surface area contributed by atoms with Gasteiger partial charge in [-0.25, -0.2) is 0 Å². The number of carbonyl (C=O) groups excluding carboxylic acids is 1. The van der Waals surface area contributed by atoms with Gasteiger partial charge in [-0.1, -0.05) is 149 Å². The number of rotatable bonds is 14. The molecule has 3 heterocycles. The normalized spacial score (nSPS) is 24.3. The summed E-state index contributed by atoms with van der Waals surface area (Å²) < 4.78 is 26.8. The van der Waals surface area contributed by atoms with E-state index < -0.39 is 0 Å². The molecule has 0 radical (unpaired) electrons. The first-order chi connectivity index (χ1) is 43.4. The fourth-order valence-corrected chi connectivity index (χ4v) is 24.9. The zero-order valence-corrected chi connectivity index (χ0v) is 62.9. The maximum Gasteiger partial charge on any atom is 0.204 e. The standard InChI is InChI=1S/C34H51O2S.C25H35OS.C23H29O2S.3CH3/c1-33(2,3)24-13-17-26(18-14-24)35-30-23-31(36-27-19-15-25(16-20-27)34(4,5)6)32(37-21-9-10-22-37)29-12-8-7-11-28(29)30;1-18-15-24(26-14-13-21-9-5-4-6-10-21)22-11-7-8-12-23(22)25(18)27-16-19(2)20(3)17-27;1-17(24)18-10-12-21-19(16-18)11-13-22(23(21)26-14-6-7-15-26)25-20-8-4-2-3-5-9-20;;;/h7-8,11-12,23-27H,9-10,13-22H2,1-6H3;7-8,11-12,15,19-21H,4-6,9-10,13-14,16-17H2,1-3H3;10-13,16,20H,2-9,14-15H2,1H3;3*1H3/q3*+1;3*-1. The lowest BCUT2D eigenvalue weighted by molar-refractivity contribution is 0.0830. The summed E-state index contributed by atoms with van der Waals surface area (Å²) in [5.74, 6) is 16.6. The highest BCUT2D eigenvalue weighted by molar-refractivity contribution is 7.98. The lowest BCUT2D eigenvalue weighted by Crippen LogP contribution is -2.31. The average Bonchev–Trinajstić information content (AvgIpc) is 1.67. The van der Waals surface area contributed by atoms with Crippen LogP contribution in [0.25, 0.3) is 32.3 Å². The number of hydrogen-bond donors (Lipinski definition) is 0. The van der Waals surface area contributed by atoms with Crippen molar-refractivity contribution in [2.75, 3.05) is 41.1 Å².